The maximum atomic E-state index is 6.03. The minimum Gasteiger partial charge on any atom is -0.496 e. The van der Waals surface area contributed by atoms with Crippen molar-refractivity contribution in [1.29, 1.82) is 0 Å². The Morgan fingerprint density at radius 2 is 2.21 bits per heavy atom. The lowest BCUT2D eigenvalue weighted by atomic mass is 10.00. The van der Waals surface area contributed by atoms with E-state index in [4.69, 9.17) is 9.47 Å². The molecule has 1 N–H and O–H groups in total. The normalized spacial score (nSPS) is 23.6. The molecule has 106 valence electrons. The van der Waals surface area contributed by atoms with Gasteiger partial charge in [0.05, 0.1) is 19.8 Å². The van der Waals surface area contributed by atoms with Gasteiger partial charge in [0.1, 0.15) is 5.75 Å². The van der Waals surface area contributed by atoms with Crippen LogP contribution in [-0.2, 0) is 4.74 Å². The molecular weight excluding hydrogens is 238 g/mol. The lowest BCUT2D eigenvalue weighted by molar-refractivity contribution is -0.00246. The molecule has 2 rings (SSSR count). The van der Waals surface area contributed by atoms with Gasteiger partial charge in [-0.25, -0.2) is 0 Å². The first kappa shape index (κ1) is 14.4. The summed E-state index contributed by atoms with van der Waals surface area (Å²) in [5.74, 6) is 1.62. The van der Waals surface area contributed by atoms with E-state index in [-0.39, 0.29) is 6.10 Å². The average molecular weight is 263 g/mol. The zero-order valence-electron chi connectivity index (χ0n) is 12.4. The second-order valence-electron chi connectivity index (χ2n) is 5.80. The predicted molar refractivity (Wildman–Crippen MR) is 77.7 cm³/mol. The molecular formula is C16H25NO2. The van der Waals surface area contributed by atoms with E-state index in [0.717, 1.165) is 30.9 Å². The molecule has 0 aliphatic carbocycles. The topological polar surface area (TPSA) is 30.5 Å². The molecule has 0 radical (unpaired) electrons. The minimum absolute atomic E-state index is 0.0956. The van der Waals surface area contributed by atoms with E-state index in [1.165, 1.54) is 5.56 Å². The van der Waals surface area contributed by atoms with Crippen LogP contribution in [0.1, 0.15) is 37.5 Å². The largest absolute Gasteiger partial charge is 0.496 e. The van der Waals surface area contributed by atoms with E-state index in [0.29, 0.717) is 12.0 Å². The lowest BCUT2D eigenvalue weighted by Gasteiger charge is -2.32. The fourth-order valence-electron chi connectivity index (χ4n) is 2.65. The summed E-state index contributed by atoms with van der Waals surface area (Å²) in [6.45, 7) is 8.23. The van der Waals surface area contributed by atoms with Crippen LogP contribution in [0, 0.1) is 12.8 Å². The van der Waals surface area contributed by atoms with Crippen LogP contribution >= 0.6 is 0 Å². The summed E-state index contributed by atoms with van der Waals surface area (Å²) in [5, 5.41) is 3.59. The molecule has 0 bridgehead atoms. The number of nitrogens with one attached hydrogen (secondary N) is 1. The number of benzene rings is 1. The third kappa shape index (κ3) is 3.71. The highest BCUT2D eigenvalue weighted by Gasteiger charge is 2.25. The summed E-state index contributed by atoms with van der Waals surface area (Å²) in [4.78, 5) is 0. The van der Waals surface area contributed by atoms with Crippen LogP contribution in [0.2, 0.25) is 0 Å². The monoisotopic (exact) mass is 263 g/mol. The molecule has 1 aromatic carbocycles. The first-order valence-electron chi connectivity index (χ1n) is 7.09. The van der Waals surface area contributed by atoms with Crippen molar-refractivity contribution < 1.29 is 9.47 Å². The maximum Gasteiger partial charge on any atom is 0.124 e. The highest BCUT2D eigenvalue weighted by molar-refractivity contribution is 5.38. The number of hydrogen-bond donors (Lipinski definition) is 1. The van der Waals surface area contributed by atoms with Gasteiger partial charge in [-0.2, -0.15) is 0 Å². The van der Waals surface area contributed by atoms with Gasteiger partial charge < -0.3 is 14.8 Å². The van der Waals surface area contributed by atoms with Crippen molar-refractivity contribution in [3.05, 3.63) is 29.3 Å². The SMILES string of the molecule is COc1ccc(C)cc1C1CNC(CC(C)C)CO1. The van der Waals surface area contributed by atoms with Crippen LogP contribution in [0.25, 0.3) is 0 Å². The number of morpholine rings is 1. The zero-order valence-corrected chi connectivity index (χ0v) is 12.4. The molecule has 2 unspecified atom stereocenters. The molecule has 1 heterocycles. The van der Waals surface area contributed by atoms with Gasteiger partial charge in [0.15, 0.2) is 0 Å². The standard InChI is InChI=1S/C16H25NO2/c1-11(2)7-13-10-19-16(9-17-13)14-8-12(3)5-6-15(14)18-4/h5-6,8,11,13,16-17H,7,9-10H2,1-4H3. The molecule has 0 spiro atoms. The van der Waals surface area contributed by atoms with Crippen molar-refractivity contribution in [2.24, 2.45) is 5.92 Å². The van der Waals surface area contributed by atoms with Crippen LogP contribution in [-0.4, -0.2) is 26.3 Å². The van der Waals surface area contributed by atoms with Gasteiger partial charge in [-0.15, -0.1) is 0 Å². The molecule has 3 nitrogen and oxygen atoms in total. The Balaban J connectivity index is 2.03. The quantitative estimate of drug-likeness (QED) is 0.905. The number of hydrogen-bond acceptors (Lipinski definition) is 3. The van der Waals surface area contributed by atoms with Gasteiger partial charge in [-0.1, -0.05) is 25.5 Å². The van der Waals surface area contributed by atoms with Crippen molar-refractivity contribution >= 4 is 0 Å². The van der Waals surface area contributed by atoms with Gasteiger partial charge in [-0.3, -0.25) is 0 Å². The predicted octanol–water partition coefficient (Wildman–Crippen LogP) is 3.08. The first-order valence-corrected chi connectivity index (χ1v) is 7.09. The average Bonchev–Trinajstić information content (AvgIpc) is 2.39. The summed E-state index contributed by atoms with van der Waals surface area (Å²) < 4.78 is 11.5. The maximum absolute atomic E-state index is 6.03. The smallest absolute Gasteiger partial charge is 0.124 e. The Labute approximate surface area is 116 Å². The second kappa shape index (κ2) is 6.40. The van der Waals surface area contributed by atoms with E-state index < -0.39 is 0 Å². The molecule has 1 aliphatic heterocycles. The number of ether oxygens (including phenoxy) is 2. The van der Waals surface area contributed by atoms with E-state index in [9.17, 15) is 0 Å². The van der Waals surface area contributed by atoms with Gasteiger partial charge in [0.25, 0.3) is 0 Å². The summed E-state index contributed by atoms with van der Waals surface area (Å²) >= 11 is 0. The Hall–Kier alpha value is -1.06. The van der Waals surface area contributed by atoms with Gasteiger partial charge in [-0.05, 0) is 31.4 Å². The van der Waals surface area contributed by atoms with E-state index in [1.807, 2.05) is 6.07 Å². The fraction of sp³-hybridized carbons (Fsp3) is 0.625. The highest BCUT2D eigenvalue weighted by Crippen LogP contribution is 2.30. The summed E-state index contributed by atoms with van der Waals surface area (Å²) in [5.41, 5.74) is 2.39. The molecule has 1 aliphatic rings. The molecule has 19 heavy (non-hydrogen) atoms. The van der Waals surface area contributed by atoms with Crippen LogP contribution in [0.4, 0.5) is 0 Å². The number of methoxy groups -OCH3 is 1. The molecule has 0 amide bonds. The van der Waals surface area contributed by atoms with Crippen LogP contribution in [0.15, 0.2) is 18.2 Å². The van der Waals surface area contributed by atoms with Crippen LogP contribution in [0.5, 0.6) is 5.75 Å². The van der Waals surface area contributed by atoms with E-state index in [1.54, 1.807) is 7.11 Å². The van der Waals surface area contributed by atoms with Crippen molar-refractivity contribution in [1.82, 2.24) is 5.32 Å². The van der Waals surface area contributed by atoms with Crippen molar-refractivity contribution in [2.45, 2.75) is 39.3 Å². The Morgan fingerprint density at radius 3 is 2.79 bits per heavy atom. The summed E-state index contributed by atoms with van der Waals surface area (Å²) in [7, 11) is 1.71. The van der Waals surface area contributed by atoms with Crippen molar-refractivity contribution in [3.63, 3.8) is 0 Å². The van der Waals surface area contributed by atoms with Crippen molar-refractivity contribution in [3.8, 4) is 5.75 Å². The highest BCUT2D eigenvalue weighted by atomic mass is 16.5. The fourth-order valence-corrected chi connectivity index (χ4v) is 2.65. The lowest BCUT2D eigenvalue weighted by Crippen LogP contribution is -2.43. The first-order chi connectivity index (χ1) is 9.10. The summed E-state index contributed by atoms with van der Waals surface area (Å²) in [6.07, 6.45) is 1.26. The third-order valence-electron chi connectivity index (χ3n) is 3.58. The molecule has 1 saturated heterocycles. The molecule has 1 fully saturated rings. The van der Waals surface area contributed by atoms with E-state index in [2.05, 4.69) is 38.2 Å². The van der Waals surface area contributed by atoms with Crippen molar-refractivity contribution in [2.75, 3.05) is 20.3 Å². The Bertz CT molecular complexity index is 409. The van der Waals surface area contributed by atoms with Gasteiger partial charge in [0.2, 0.25) is 0 Å². The van der Waals surface area contributed by atoms with E-state index >= 15 is 0 Å². The molecule has 1 aromatic rings. The number of aryl methyl sites for hydroxylation is 1. The molecule has 2 atom stereocenters. The zero-order chi connectivity index (χ0) is 13.8. The molecule has 3 heteroatoms. The number of rotatable bonds is 4. The second-order valence-corrected chi connectivity index (χ2v) is 5.80. The third-order valence-corrected chi connectivity index (χ3v) is 3.58. The van der Waals surface area contributed by atoms with Gasteiger partial charge in [0, 0.05) is 18.2 Å². The van der Waals surface area contributed by atoms with Gasteiger partial charge >= 0.3 is 0 Å². The van der Waals surface area contributed by atoms with Crippen LogP contribution in [0.3, 0.4) is 0 Å². The Morgan fingerprint density at radius 1 is 1.42 bits per heavy atom. The molecule has 0 aromatic heterocycles. The molecule has 0 saturated carbocycles. The van der Waals surface area contributed by atoms with Crippen LogP contribution < -0.4 is 10.1 Å². The Kier molecular flexibility index (Phi) is 4.83. The minimum atomic E-state index is 0.0956. The summed E-state index contributed by atoms with van der Waals surface area (Å²) in [6, 6.07) is 6.73.